The molecule has 0 spiro atoms. The number of benzene rings is 1. The number of hydrogen-bond donors (Lipinski definition) is 2. The van der Waals surface area contributed by atoms with E-state index in [4.69, 9.17) is 11.6 Å². The Kier molecular flexibility index (Phi) is 8.94. The van der Waals surface area contributed by atoms with Crippen LogP contribution in [0.25, 0.3) is 0 Å². The third kappa shape index (κ3) is 6.74. The van der Waals surface area contributed by atoms with E-state index in [1.807, 2.05) is 30.5 Å². The summed E-state index contributed by atoms with van der Waals surface area (Å²) in [6.45, 7) is 6.83. The zero-order valence-electron chi connectivity index (χ0n) is 16.5. The molecular weight excluding hydrogens is 380 g/mol. The number of nitrogens with one attached hydrogen (secondary N) is 2. The molecule has 0 aliphatic rings. The SMILES string of the molecule is CN=C(NCCCc1nnc(SC)n1CC(C)C)NCc1ccccc1Cl. The molecule has 2 N–H and O–H groups in total. The van der Waals surface area contributed by atoms with Gasteiger partial charge in [-0.25, -0.2) is 0 Å². The molecule has 0 unspecified atom stereocenters. The summed E-state index contributed by atoms with van der Waals surface area (Å²) < 4.78 is 2.24. The summed E-state index contributed by atoms with van der Waals surface area (Å²) in [4.78, 5) is 4.27. The Morgan fingerprint density at radius 2 is 2.04 bits per heavy atom. The van der Waals surface area contributed by atoms with Crippen LogP contribution in [-0.2, 0) is 19.5 Å². The summed E-state index contributed by atoms with van der Waals surface area (Å²) in [6.07, 6.45) is 3.88. The largest absolute Gasteiger partial charge is 0.356 e. The Hall–Kier alpha value is -1.73. The van der Waals surface area contributed by atoms with Gasteiger partial charge in [0.25, 0.3) is 0 Å². The first-order valence-electron chi connectivity index (χ1n) is 9.19. The van der Waals surface area contributed by atoms with Gasteiger partial charge in [-0.05, 0) is 30.2 Å². The minimum atomic E-state index is 0.566. The minimum absolute atomic E-state index is 0.566. The van der Waals surface area contributed by atoms with Crippen LogP contribution in [0.15, 0.2) is 34.4 Å². The first kappa shape index (κ1) is 21.6. The zero-order chi connectivity index (χ0) is 19.6. The molecule has 2 rings (SSSR count). The highest BCUT2D eigenvalue weighted by molar-refractivity contribution is 7.98. The van der Waals surface area contributed by atoms with Crippen molar-refractivity contribution in [3.63, 3.8) is 0 Å². The van der Waals surface area contributed by atoms with Crippen LogP contribution >= 0.6 is 23.4 Å². The summed E-state index contributed by atoms with van der Waals surface area (Å²) in [5.41, 5.74) is 1.05. The van der Waals surface area contributed by atoms with Crippen molar-refractivity contribution in [3.8, 4) is 0 Å². The van der Waals surface area contributed by atoms with Gasteiger partial charge in [-0.15, -0.1) is 10.2 Å². The van der Waals surface area contributed by atoms with Crippen molar-refractivity contribution >= 4 is 29.3 Å². The normalized spacial score (nSPS) is 11.9. The van der Waals surface area contributed by atoms with Crippen molar-refractivity contribution in [1.82, 2.24) is 25.4 Å². The lowest BCUT2D eigenvalue weighted by atomic mass is 10.2. The lowest BCUT2D eigenvalue weighted by Gasteiger charge is -2.13. The lowest BCUT2D eigenvalue weighted by molar-refractivity contribution is 0.477. The van der Waals surface area contributed by atoms with Crippen LogP contribution in [0.5, 0.6) is 0 Å². The van der Waals surface area contributed by atoms with E-state index in [1.54, 1.807) is 18.8 Å². The standard InChI is InChI=1S/C19H29ClN6S/c1-14(2)13-26-17(24-25-19(26)27-4)10-7-11-22-18(21-3)23-12-15-8-5-6-9-16(15)20/h5-6,8-9,14H,7,10-13H2,1-4H3,(H2,21,22,23). The number of aromatic nitrogens is 3. The van der Waals surface area contributed by atoms with E-state index in [0.29, 0.717) is 12.5 Å². The molecule has 0 saturated carbocycles. The molecule has 27 heavy (non-hydrogen) atoms. The molecule has 0 fully saturated rings. The number of aryl methyl sites for hydroxylation is 1. The van der Waals surface area contributed by atoms with Gasteiger partial charge in [0.15, 0.2) is 11.1 Å². The second-order valence-corrected chi connectivity index (χ2v) is 7.84. The molecule has 8 heteroatoms. The quantitative estimate of drug-likeness (QED) is 0.287. The van der Waals surface area contributed by atoms with E-state index in [9.17, 15) is 0 Å². The van der Waals surface area contributed by atoms with Crippen LogP contribution in [-0.4, -0.2) is 40.6 Å². The van der Waals surface area contributed by atoms with Crippen molar-refractivity contribution in [1.29, 1.82) is 0 Å². The van der Waals surface area contributed by atoms with Gasteiger partial charge in [0.05, 0.1) is 0 Å². The smallest absolute Gasteiger partial charge is 0.191 e. The fourth-order valence-electron chi connectivity index (χ4n) is 2.70. The number of hydrogen-bond acceptors (Lipinski definition) is 4. The second kappa shape index (κ2) is 11.2. The predicted molar refractivity (Wildman–Crippen MR) is 115 cm³/mol. The van der Waals surface area contributed by atoms with E-state index >= 15 is 0 Å². The van der Waals surface area contributed by atoms with Gasteiger partial charge in [0.2, 0.25) is 0 Å². The highest BCUT2D eigenvalue weighted by Crippen LogP contribution is 2.17. The molecule has 0 atom stereocenters. The molecule has 0 aliphatic heterocycles. The second-order valence-electron chi connectivity index (χ2n) is 6.65. The van der Waals surface area contributed by atoms with Crippen LogP contribution in [0.3, 0.4) is 0 Å². The topological polar surface area (TPSA) is 67.1 Å². The van der Waals surface area contributed by atoms with Gasteiger partial charge in [-0.2, -0.15) is 0 Å². The molecule has 0 radical (unpaired) electrons. The summed E-state index contributed by atoms with van der Waals surface area (Å²) in [6, 6.07) is 7.81. The highest BCUT2D eigenvalue weighted by atomic mass is 35.5. The third-order valence-corrected chi connectivity index (χ3v) is 5.06. The van der Waals surface area contributed by atoms with Crippen LogP contribution in [0.4, 0.5) is 0 Å². The summed E-state index contributed by atoms with van der Waals surface area (Å²) in [5, 5.41) is 17.0. The predicted octanol–water partition coefficient (Wildman–Crippen LogP) is 3.61. The van der Waals surface area contributed by atoms with E-state index in [1.165, 1.54) is 0 Å². The Labute approximate surface area is 171 Å². The maximum atomic E-state index is 6.19. The molecule has 6 nitrogen and oxygen atoms in total. The lowest BCUT2D eigenvalue weighted by Crippen LogP contribution is -2.37. The van der Waals surface area contributed by atoms with Gasteiger partial charge < -0.3 is 15.2 Å². The van der Waals surface area contributed by atoms with E-state index in [-0.39, 0.29) is 0 Å². The van der Waals surface area contributed by atoms with Gasteiger partial charge in [0, 0.05) is 38.1 Å². The van der Waals surface area contributed by atoms with Gasteiger partial charge in [-0.3, -0.25) is 4.99 Å². The zero-order valence-corrected chi connectivity index (χ0v) is 18.1. The molecule has 0 saturated heterocycles. The van der Waals surface area contributed by atoms with Gasteiger partial charge in [0.1, 0.15) is 5.82 Å². The minimum Gasteiger partial charge on any atom is -0.356 e. The number of aliphatic imine (C=N–C) groups is 1. The van der Waals surface area contributed by atoms with Crippen molar-refractivity contribution in [2.24, 2.45) is 10.9 Å². The number of thioether (sulfide) groups is 1. The van der Waals surface area contributed by atoms with E-state index < -0.39 is 0 Å². The van der Waals surface area contributed by atoms with Crippen molar-refractivity contribution in [2.45, 2.75) is 44.9 Å². The molecule has 1 heterocycles. The van der Waals surface area contributed by atoms with Crippen LogP contribution in [0.2, 0.25) is 5.02 Å². The summed E-state index contributed by atoms with van der Waals surface area (Å²) >= 11 is 7.84. The summed E-state index contributed by atoms with van der Waals surface area (Å²) in [5.74, 6) is 2.38. The molecule has 148 valence electrons. The average Bonchev–Trinajstić information content (AvgIpc) is 3.03. The molecule has 2 aromatic rings. The molecule has 0 bridgehead atoms. The van der Waals surface area contributed by atoms with Crippen molar-refractivity contribution in [2.75, 3.05) is 19.8 Å². The van der Waals surface area contributed by atoms with Crippen molar-refractivity contribution in [3.05, 3.63) is 40.7 Å². The van der Waals surface area contributed by atoms with E-state index in [2.05, 4.69) is 44.2 Å². The molecule has 0 amide bonds. The molecule has 1 aromatic carbocycles. The maximum absolute atomic E-state index is 6.19. The first-order chi connectivity index (χ1) is 13.0. The number of nitrogens with zero attached hydrogens (tertiary/aromatic N) is 4. The van der Waals surface area contributed by atoms with Crippen LogP contribution in [0.1, 0.15) is 31.7 Å². The summed E-state index contributed by atoms with van der Waals surface area (Å²) in [7, 11) is 1.77. The Morgan fingerprint density at radius 1 is 1.26 bits per heavy atom. The fraction of sp³-hybridized carbons (Fsp3) is 0.526. The fourth-order valence-corrected chi connectivity index (χ4v) is 3.42. The van der Waals surface area contributed by atoms with Gasteiger partial charge >= 0.3 is 0 Å². The Bertz CT molecular complexity index is 744. The average molecular weight is 409 g/mol. The van der Waals surface area contributed by atoms with E-state index in [0.717, 1.165) is 53.5 Å². The molecular formula is C19H29ClN6S. The number of rotatable bonds is 9. The Balaban J connectivity index is 1.80. The molecule has 1 aromatic heterocycles. The number of guanidine groups is 1. The van der Waals surface area contributed by atoms with Crippen LogP contribution in [0, 0.1) is 5.92 Å². The third-order valence-electron chi connectivity index (χ3n) is 4.02. The number of halogens is 1. The monoisotopic (exact) mass is 408 g/mol. The maximum Gasteiger partial charge on any atom is 0.191 e. The van der Waals surface area contributed by atoms with Crippen LogP contribution < -0.4 is 10.6 Å². The van der Waals surface area contributed by atoms with Gasteiger partial charge in [-0.1, -0.05) is 55.4 Å². The molecule has 0 aliphatic carbocycles. The first-order valence-corrected chi connectivity index (χ1v) is 10.8. The van der Waals surface area contributed by atoms with Crippen molar-refractivity contribution < 1.29 is 0 Å². The Morgan fingerprint density at radius 3 is 2.70 bits per heavy atom. The highest BCUT2D eigenvalue weighted by Gasteiger charge is 2.12.